The van der Waals surface area contributed by atoms with Crippen molar-refractivity contribution in [3.63, 3.8) is 0 Å². The summed E-state index contributed by atoms with van der Waals surface area (Å²) in [5.41, 5.74) is 5.45. The predicted molar refractivity (Wildman–Crippen MR) is 119 cm³/mol. The second kappa shape index (κ2) is 9.60. The maximum Gasteiger partial charge on any atom is 0.245 e. The highest BCUT2D eigenvalue weighted by Crippen LogP contribution is 2.37. The van der Waals surface area contributed by atoms with Crippen LogP contribution in [0.4, 0.5) is 21.8 Å². The van der Waals surface area contributed by atoms with Crippen molar-refractivity contribution in [2.24, 2.45) is 10.3 Å². The molecular formula is C20H17Cl2FN6O. The molecule has 0 aliphatic carbocycles. The third kappa shape index (κ3) is 4.72. The lowest BCUT2D eigenvalue weighted by Crippen LogP contribution is -2.05. The molecule has 154 valence electrons. The highest BCUT2D eigenvalue weighted by atomic mass is 35.5. The summed E-state index contributed by atoms with van der Waals surface area (Å²) in [5.74, 6) is -0.443. The molecular weight excluding hydrogens is 430 g/mol. The Morgan fingerprint density at radius 2 is 2.03 bits per heavy atom. The Bertz CT molecular complexity index is 1100. The molecule has 0 radical (unpaired) electrons. The van der Waals surface area contributed by atoms with Crippen LogP contribution in [-0.4, -0.2) is 22.7 Å². The summed E-state index contributed by atoms with van der Waals surface area (Å²) in [6.07, 6.45) is 2.39. The lowest BCUT2D eigenvalue weighted by molar-refractivity contribution is 0.617. The molecule has 3 aromatic rings. The number of aromatic nitrogens is 2. The van der Waals surface area contributed by atoms with E-state index in [1.165, 1.54) is 6.21 Å². The zero-order valence-electron chi connectivity index (χ0n) is 16.1. The second-order valence-electron chi connectivity index (χ2n) is 6.21. The molecule has 1 aromatic heterocycles. The summed E-state index contributed by atoms with van der Waals surface area (Å²) in [4.78, 5) is 19.1. The second-order valence-corrected chi connectivity index (χ2v) is 7.02. The van der Waals surface area contributed by atoms with E-state index in [0.717, 1.165) is 17.3 Å². The Hall–Kier alpha value is -3.10. The molecule has 0 bridgehead atoms. The number of hydrazone groups is 1. The number of benzene rings is 2. The van der Waals surface area contributed by atoms with E-state index in [0.29, 0.717) is 22.7 Å². The highest BCUT2D eigenvalue weighted by molar-refractivity contribution is 6.35. The Morgan fingerprint density at radius 3 is 2.73 bits per heavy atom. The smallest absolute Gasteiger partial charge is 0.245 e. The molecule has 30 heavy (non-hydrogen) atoms. The quantitative estimate of drug-likeness (QED) is 0.257. The standard InChI is InChI=1S/C20H17Cl2FN6O/c1-3-24-19-16(23)10-25-20(27-19)28-26-9-13-7-12(8-15(22)18(13)29-30)17-11(2)5-4-6-14(17)21/h4-10H,3H2,1-2H3,(H2,24,25,27,28)/b26-9-. The predicted octanol–water partition coefficient (Wildman–Crippen LogP) is 6.17. The van der Waals surface area contributed by atoms with Crippen LogP contribution < -0.4 is 10.7 Å². The summed E-state index contributed by atoms with van der Waals surface area (Å²) >= 11 is 12.6. The fourth-order valence-electron chi connectivity index (χ4n) is 2.83. The molecule has 0 spiro atoms. The first-order chi connectivity index (χ1) is 14.4. The van der Waals surface area contributed by atoms with E-state index >= 15 is 0 Å². The zero-order valence-corrected chi connectivity index (χ0v) is 17.6. The number of aryl methyl sites for hydroxylation is 1. The number of nitroso groups, excluding NO2 is 1. The van der Waals surface area contributed by atoms with Crippen molar-refractivity contribution >= 4 is 46.9 Å². The third-order valence-electron chi connectivity index (χ3n) is 4.15. The molecule has 0 aliphatic heterocycles. The van der Waals surface area contributed by atoms with Crippen LogP contribution in [0.25, 0.3) is 11.1 Å². The van der Waals surface area contributed by atoms with Gasteiger partial charge in [-0.2, -0.15) is 10.1 Å². The summed E-state index contributed by atoms with van der Waals surface area (Å²) in [6.45, 7) is 4.24. The van der Waals surface area contributed by atoms with Gasteiger partial charge in [-0.15, -0.1) is 4.91 Å². The van der Waals surface area contributed by atoms with Crippen molar-refractivity contribution in [1.82, 2.24) is 9.97 Å². The SMILES string of the molecule is CCNc1nc(N/N=C\c2cc(-c3c(C)cccc3Cl)cc(Cl)c2N=O)ncc1F. The van der Waals surface area contributed by atoms with Crippen LogP contribution in [0.3, 0.4) is 0 Å². The summed E-state index contributed by atoms with van der Waals surface area (Å²) in [5, 5.41) is 10.5. The first-order valence-electron chi connectivity index (χ1n) is 8.92. The van der Waals surface area contributed by atoms with Gasteiger partial charge in [-0.05, 0) is 48.4 Å². The van der Waals surface area contributed by atoms with E-state index in [-0.39, 0.29) is 22.5 Å². The van der Waals surface area contributed by atoms with Crippen LogP contribution in [0.1, 0.15) is 18.1 Å². The average molecular weight is 447 g/mol. The van der Waals surface area contributed by atoms with E-state index in [1.807, 2.05) is 26.0 Å². The molecule has 1 heterocycles. The Kier molecular flexibility index (Phi) is 6.91. The Balaban J connectivity index is 1.94. The molecule has 0 amide bonds. The van der Waals surface area contributed by atoms with Gasteiger partial charge in [-0.3, -0.25) is 0 Å². The minimum absolute atomic E-state index is 0.0315. The van der Waals surface area contributed by atoms with E-state index in [4.69, 9.17) is 23.2 Å². The number of anilines is 2. The molecule has 10 heteroatoms. The molecule has 0 saturated carbocycles. The van der Waals surface area contributed by atoms with Gasteiger partial charge in [0, 0.05) is 22.7 Å². The monoisotopic (exact) mass is 446 g/mol. The molecule has 0 atom stereocenters. The van der Waals surface area contributed by atoms with Crippen LogP contribution in [0.5, 0.6) is 0 Å². The number of rotatable bonds is 7. The molecule has 3 rings (SSSR count). The Morgan fingerprint density at radius 1 is 1.23 bits per heavy atom. The fraction of sp³-hybridized carbons (Fsp3) is 0.150. The average Bonchev–Trinajstić information content (AvgIpc) is 2.70. The maximum atomic E-state index is 13.6. The molecule has 0 fully saturated rings. The molecule has 0 unspecified atom stereocenters. The largest absolute Gasteiger partial charge is 0.368 e. The number of nitrogens with zero attached hydrogens (tertiary/aromatic N) is 4. The van der Waals surface area contributed by atoms with Crippen molar-refractivity contribution in [2.45, 2.75) is 13.8 Å². The molecule has 0 aliphatic rings. The molecule has 7 nitrogen and oxygen atoms in total. The van der Waals surface area contributed by atoms with E-state index in [9.17, 15) is 9.30 Å². The van der Waals surface area contributed by atoms with E-state index in [1.54, 1.807) is 18.2 Å². The number of hydrogen-bond donors (Lipinski definition) is 2. The summed E-state index contributed by atoms with van der Waals surface area (Å²) in [6, 6.07) is 8.87. The van der Waals surface area contributed by atoms with Gasteiger partial charge < -0.3 is 5.32 Å². The lowest BCUT2D eigenvalue weighted by atomic mass is 9.98. The van der Waals surface area contributed by atoms with Crippen molar-refractivity contribution in [3.05, 3.63) is 68.4 Å². The van der Waals surface area contributed by atoms with Gasteiger partial charge in [0.2, 0.25) is 5.95 Å². The third-order valence-corrected chi connectivity index (χ3v) is 4.75. The molecule has 2 aromatic carbocycles. The number of hydrogen-bond acceptors (Lipinski definition) is 7. The molecule has 2 N–H and O–H groups in total. The summed E-state index contributed by atoms with van der Waals surface area (Å²) < 4.78 is 13.6. The van der Waals surface area contributed by atoms with Crippen LogP contribution in [0.15, 0.2) is 46.8 Å². The number of nitrogens with one attached hydrogen (secondary N) is 2. The topological polar surface area (TPSA) is 91.6 Å². The van der Waals surface area contributed by atoms with E-state index in [2.05, 4.69) is 31.0 Å². The van der Waals surface area contributed by atoms with Gasteiger partial charge >= 0.3 is 0 Å². The van der Waals surface area contributed by atoms with Gasteiger partial charge in [-0.25, -0.2) is 14.8 Å². The van der Waals surface area contributed by atoms with Crippen molar-refractivity contribution < 1.29 is 4.39 Å². The van der Waals surface area contributed by atoms with Crippen LogP contribution in [-0.2, 0) is 0 Å². The van der Waals surface area contributed by atoms with Crippen LogP contribution >= 0.6 is 23.2 Å². The molecule has 0 saturated heterocycles. The van der Waals surface area contributed by atoms with Gasteiger partial charge in [0.1, 0.15) is 5.69 Å². The minimum atomic E-state index is -0.576. The van der Waals surface area contributed by atoms with E-state index < -0.39 is 5.82 Å². The maximum absolute atomic E-state index is 13.6. The van der Waals surface area contributed by atoms with Gasteiger partial charge in [0.25, 0.3) is 0 Å². The van der Waals surface area contributed by atoms with Gasteiger partial charge in [0.15, 0.2) is 11.6 Å². The minimum Gasteiger partial charge on any atom is -0.368 e. The number of halogens is 3. The lowest BCUT2D eigenvalue weighted by Gasteiger charge is -2.11. The van der Waals surface area contributed by atoms with Gasteiger partial charge in [-0.1, -0.05) is 35.3 Å². The summed E-state index contributed by atoms with van der Waals surface area (Å²) in [7, 11) is 0. The van der Waals surface area contributed by atoms with Crippen LogP contribution in [0.2, 0.25) is 10.0 Å². The zero-order chi connectivity index (χ0) is 21.7. The van der Waals surface area contributed by atoms with Crippen molar-refractivity contribution in [3.8, 4) is 11.1 Å². The normalized spacial score (nSPS) is 11.0. The van der Waals surface area contributed by atoms with Crippen LogP contribution in [0, 0.1) is 17.6 Å². The Labute approximate surface area is 182 Å². The first-order valence-corrected chi connectivity index (χ1v) is 9.68. The van der Waals surface area contributed by atoms with Crippen molar-refractivity contribution in [1.29, 1.82) is 0 Å². The first kappa shape index (κ1) is 21.6. The highest BCUT2D eigenvalue weighted by Gasteiger charge is 2.14. The fourth-order valence-corrected chi connectivity index (χ4v) is 3.42. The van der Waals surface area contributed by atoms with Crippen molar-refractivity contribution in [2.75, 3.05) is 17.3 Å². The van der Waals surface area contributed by atoms with Gasteiger partial charge in [0.05, 0.1) is 17.4 Å².